The smallest absolute Gasteiger partial charge is 0.303 e. The van der Waals surface area contributed by atoms with Gasteiger partial charge in [-0.05, 0) is 105 Å². The number of carbonyl (C=O) groups excluding carboxylic acids is 3. The first kappa shape index (κ1) is 40.5. The van der Waals surface area contributed by atoms with Crippen molar-refractivity contribution in [2.24, 2.45) is 0 Å². The number of aryl methyl sites for hydroxylation is 1. The van der Waals surface area contributed by atoms with Crippen LogP contribution in [0.15, 0.2) is 39.6 Å². The Bertz CT molecular complexity index is 2140. The van der Waals surface area contributed by atoms with Gasteiger partial charge in [-0.2, -0.15) is 0 Å². The van der Waals surface area contributed by atoms with Crippen LogP contribution in [0, 0.1) is 6.92 Å². The minimum absolute atomic E-state index is 0.000525. The number of aromatic hydroxyl groups is 1. The summed E-state index contributed by atoms with van der Waals surface area (Å²) in [5.74, 6) is -1.88. The molecule has 0 radical (unpaired) electrons. The first-order valence-electron chi connectivity index (χ1n) is 19.0. The van der Waals surface area contributed by atoms with Crippen LogP contribution in [0.4, 0.5) is 0 Å². The molecule has 0 unspecified atom stereocenters. The summed E-state index contributed by atoms with van der Waals surface area (Å²) in [6.07, 6.45) is 0.692. The number of ether oxygens (including phenoxy) is 3. The van der Waals surface area contributed by atoms with Gasteiger partial charge < -0.3 is 38.6 Å². The van der Waals surface area contributed by atoms with Gasteiger partial charge in [-0.15, -0.1) is 0 Å². The van der Waals surface area contributed by atoms with Crippen LogP contribution in [0.25, 0.3) is 11.0 Å². The highest BCUT2D eigenvalue weighted by Crippen LogP contribution is 2.50. The molecule has 3 heterocycles. The zero-order chi connectivity index (χ0) is 40.4. The number of hydrogen-bond acceptors (Lipinski definition) is 12. The summed E-state index contributed by atoms with van der Waals surface area (Å²) >= 11 is 0. The Morgan fingerprint density at radius 3 is 2.29 bits per heavy atom. The van der Waals surface area contributed by atoms with Gasteiger partial charge in [-0.1, -0.05) is 19.1 Å². The molecule has 2 fully saturated rings. The normalized spacial score (nSPS) is 28.9. The zero-order valence-electron chi connectivity index (χ0n) is 33.7. The van der Waals surface area contributed by atoms with Crippen LogP contribution in [0.2, 0.25) is 0 Å². The Morgan fingerprint density at radius 1 is 1.00 bits per heavy atom. The number of fused-ring (bicyclic) bond motifs is 4. The van der Waals surface area contributed by atoms with E-state index in [2.05, 4.69) is 0 Å². The maximum atomic E-state index is 15.1. The van der Waals surface area contributed by atoms with Crippen molar-refractivity contribution in [3.8, 4) is 5.75 Å². The summed E-state index contributed by atoms with van der Waals surface area (Å²) < 4.78 is 25.2. The summed E-state index contributed by atoms with van der Waals surface area (Å²) in [7, 11) is 7.47. The van der Waals surface area contributed by atoms with E-state index in [0.717, 1.165) is 0 Å². The van der Waals surface area contributed by atoms with E-state index >= 15 is 4.79 Å². The van der Waals surface area contributed by atoms with Crippen molar-refractivity contribution in [2.75, 3.05) is 28.2 Å². The number of likely N-dealkylation sites (N-methyl/N-ethyl adjacent to an activating group) is 2. The molecule has 3 aliphatic rings. The Morgan fingerprint density at radius 2 is 1.67 bits per heavy atom. The van der Waals surface area contributed by atoms with Gasteiger partial charge in [0, 0.05) is 41.6 Å². The molecule has 9 atom stereocenters. The van der Waals surface area contributed by atoms with Crippen LogP contribution >= 0.6 is 0 Å². The molecule has 3 aromatic rings. The number of rotatable bonds is 8. The van der Waals surface area contributed by atoms with Crippen LogP contribution in [0.3, 0.4) is 0 Å². The number of phenolic OH excluding ortho intramolecular Hbond substituents is 1. The molecule has 1 aromatic heterocycles. The fraction of sp³-hybridized carbons (Fsp3) is 0.535. The Balaban J connectivity index is 1.61. The second-order valence-corrected chi connectivity index (χ2v) is 16.3. The lowest BCUT2D eigenvalue weighted by Gasteiger charge is -2.50. The van der Waals surface area contributed by atoms with Crippen molar-refractivity contribution >= 4 is 28.5 Å². The molecular weight excluding hydrogens is 704 g/mol. The predicted molar refractivity (Wildman–Crippen MR) is 207 cm³/mol. The van der Waals surface area contributed by atoms with Crippen LogP contribution < -0.4 is 5.43 Å². The van der Waals surface area contributed by atoms with Gasteiger partial charge >= 0.3 is 5.97 Å². The molecule has 2 aliphatic heterocycles. The zero-order valence-corrected chi connectivity index (χ0v) is 33.7. The van der Waals surface area contributed by atoms with Crippen molar-refractivity contribution in [1.82, 2.24) is 9.80 Å². The number of phenols is 1. The van der Waals surface area contributed by atoms with Gasteiger partial charge in [0.15, 0.2) is 11.2 Å². The maximum Gasteiger partial charge on any atom is 0.303 e. The number of carbonyl (C=O) groups is 3. The third kappa shape index (κ3) is 6.86. The van der Waals surface area contributed by atoms with Gasteiger partial charge in [0.25, 0.3) is 0 Å². The summed E-state index contributed by atoms with van der Waals surface area (Å²) in [6.45, 7) is 12.4. The van der Waals surface area contributed by atoms with Gasteiger partial charge in [-0.3, -0.25) is 19.2 Å². The quantitative estimate of drug-likeness (QED) is 0.163. The highest BCUT2D eigenvalue weighted by Gasteiger charge is 2.51. The molecule has 2 N–H and O–H groups in total. The number of aliphatic hydroxyl groups is 1. The summed E-state index contributed by atoms with van der Waals surface area (Å²) in [4.78, 5) is 59.8. The second kappa shape index (κ2) is 15.0. The van der Waals surface area contributed by atoms with E-state index in [9.17, 15) is 24.6 Å². The average Bonchev–Trinajstić information content (AvgIpc) is 3.11. The summed E-state index contributed by atoms with van der Waals surface area (Å²) in [5, 5.41) is 23.6. The fourth-order valence-corrected chi connectivity index (χ4v) is 8.77. The van der Waals surface area contributed by atoms with E-state index in [4.69, 9.17) is 18.6 Å². The van der Waals surface area contributed by atoms with Crippen molar-refractivity contribution < 1.29 is 43.2 Å². The Kier molecular flexibility index (Phi) is 11.1. The van der Waals surface area contributed by atoms with Crippen molar-refractivity contribution in [2.45, 2.75) is 122 Å². The molecule has 1 aliphatic carbocycles. The van der Waals surface area contributed by atoms with Crippen LogP contribution in [0.1, 0.15) is 133 Å². The third-order valence-corrected chi connectivity index (χ3v) is 12.1. The minimum Gasteiger partial charge on any atom is -0.507 e. The molecular formula is C43H54N2O10. The van der Waals surface area contributed by atoms with Gasteiger partial charge in [-0.25, -0.2) is 0 Å². The standard InChI is InChI=1S/C43H54N2O10/c1-12-13-14-20(2)30-18-29(47)33-21(3)15-27-35(41(33)55-30)40(51)36-34(39(27)50)25(31-17-28(44(8)9)37(48)22(4)52-31)16-26(38(36)49)32-19-43(7,45(10)11)42(23(5)53-32)54-24(6)46/h12-13,15-16,18,20,22-23,28,31-32,37,42,48-49H,14,17,19H2,1-11H3/b13-12+/t20-,22+,23+,28-,31-,32-,37-,42+,43+/m0/s1. The van der Waals surface area contributed by atoms with E-state index < -0.39 is 65.4 Å². The molecule has 0 saturated carbocycles. The first-order valence-corrected chi connectivity index (χ1v) is 19.0. The van der Waals surface area contributed by atoms with E-state index in [1.54, 1.807) is 32.9 Å². The third-order valence-electron chi connectivity index (χ3n) is 12.1. The summed E-state index contributed by atoms with van der Waals surface area (Å²) in [6, 6.07) is 4.34. The lowest BCUT2D eigenvalue weighted by molar-refractivity contribution is -0.201. The predicted octanol–water partition coefficient (Wildman–Crippen LogP) is 5.90. The molecule has 0 amide bonds. The van der Waals surface area contributed by atoms with E-state index in [1.165, 1.54) is 13.0 Å². The fourth-order valence-electron chi connectivity index (χ4n) is 8.77. The molecule has 0 bridgehead atoms. The lowest BCUT2D eigenvalue weighted by atomic mass is 9.74. The topological polar surface area (TPSA) is 156 Å². The van der Waals surface area contributed by atoms with Crippen molar-refractivity contribution in [3.05, 3.63) is 85.3 Å². The molecule has 0 spiro atoms. The molecule has 2 saturated heterocycles. The number of allylic oxidation sites excluding steroid dienone is 2. The molecule has 55 heavy (non-hydrogen) atoms. The highest BCUT2D eigenvalue weighted by molar-refractivity contribution is 6.33. The minimum atomic E-state index is -0.820. The number of aliphatic hydroxyl groups excluding tert-OH is 1. The molecule has 12 heteroatoms. The molecule has 6 rings (SSSR count). The average molecular weight is 759 g/mol. The maximum absolute atomic E-state index is 15.1. The molecule has 2 aromatic carbocycles. The number of hydrogen-bond donors (Lipinski definition) is 2. The molecule has 12 nitrogen and oxygen atoms in total. The number of ketones is 2. The monoisotopic (exact) mass is 758 g/mol. The Hall–Kier alpha value is -4.20. The van der Waals surface area contributed by atoms with Gasteiger partial charge in [0.2, 0.25) is 5.78 Å². The second-order valence-electron chi connectivity index (χ2n) is 16.3. The van der Waals surface area contributed by atoms with E-state index in [0.29, 0.717) is 23.3 Å². The van der Waals surface area contributed by atoms with Crippen LogP contribution in [0.5, 0.6) is 5.75 Å². The largest absolute Gasteiger partial charge is 0.507 e. The first-order chi connectivity index (χ1) is 25.8. The lowest BCUT2D eigenvalue weighted by Crippen LogP contribution is -2.61. The van der Waals surface area contributed by atoms with Crippen LogP contribution in [-0.4, -0.2) is 102 Å². The van der Waals surface area contributed by atoms with Crippen molar-refractivity contribution in [1.29, 1.82) is 0 Å². The SMILES string of the molecule is C/C=C/C[C@H](C)c1cc(=O)c2c(C)cc3c(c2o1)C(=O)c1c(O)c([C@@H]2C[C@@](C)(N(C)C)[C@H](OC(C)=O)[C@@H](C)O2)cc([C@@H]2C[C@H](N(C)C)[C@@H](O)[C@@H](C)O2)c1C3=O. The number of nitrogens with zero attached hydrogens (tertiary/aromatic N) is 2. The Labute approximate surface area is 322 Å². The number of benzene rings is 2. The molecule has 296 valence electrons. The van der Waals surface area contributed by atoms with Crippen LogP contribution in [-0.2, 0) is 19.0 Å². The number of esters is 1. The van der Waals surface area contributed by atoms with Gasteiger partial charge in [0.05, 0.1) is 52.6 Å². The van der Waals surface area contributed by atoms with Gasteiger partial charge in [0.1, 0.15) is 23.2 Å². The van der Waals surface area contributed by atoms with Crippen molar-refractivity contribution in [3.63, 3.8) is 0 Å². The highest BCUT2D eigenvalue weighted by atomic mass is 16.6. The summed E-state index contributed by atoms with van der Waals surface area (Å²) in [5.41, 5.74) is -0.203. The van der Waals surface area contributed by atoms with E-state index in [1.807, 2.05) is 70.9 Å². The van der Waals surface area contributed by atoms with E-state index in [-0.39, 0.29) is 69.0 Å².